The highest BCUT2D eigenvalue weighted by atomic mass is 32.2. The van der Waals surface area contributed by atoms with Crippen LogP contribution in [0.2, 0.25) is 0 Å². The Morgan fingerprint density at radius 2 is 1.64 bits per heavy atom. The highest BCUT2D eigenvalue weighted by molar-refractivity contribution is 8.29. The van der Waals surface area contributed by atoms with Gasteiger partial charge in [-0.3, -0.25) is 4.79 Å². The molecule has 0 spiro atoms. The van der Waals surface area contributed by atoms with Crippen molar-refractivity contribution in [2.24, 2.45) is 4.99 Å². The van der Waals surface area contributed by atoms with Crippen molar-refractivity contribution in [2.75, 3.05) is 0 Å². The van der Waals surface area contributed by atoms with Gasteiger partial charge in [-0.2, -0.15) is 0 Å². The molecule has 0 saturated heterocycles. The van der Waals surface area contributed by atoms with Gasteiger partial charge in [0.15, 0.2) is 0 Å². The fourth-order valence-electron chi connectivity index (χ4n) is 2.69. The monoisotopic (exact) mass is 303 g/mol. The van der Waals surface area contributed by atoms with Crippen LogP contribution in [0.15, 0.2) is 76.6 Å². The van der Waals surface area contributed by atoms with Crippen LogP contribution in [0.4, 0.5) is 5.69 Å². The molecule has 22 heavy (non-hydrogen) atoms. The van der Waals surface area contributed by atoms with Gasteiger partial charge in [0.05, 0.1) is 5.69 Å². The molecule has 0 saturated carbocycles. The first-order valence-electron chi connectivity index (χ1n) is 7.00. The van der Waals surface area contributed by atoms with Gasteiger partial charge in [0.2, 0.25) is 5.78 Å². The van der Waals surface area contributed by atoms with Crippen LogP contribution in [0.3, 0.4) is 0 Å². The molecule has 106 valence electrons. The molecule has 0 radical (unpaired) electrons. The number of Topliss-reactive ketones (excluding diaryl/α,β-unsaturated/α-hetero) is 1. The predicted octanol–water partition coefficient (Wildman–Crippen LogP) is 4.83. The van der Waals surface area contributed by atoms with Crippen molar-refractivity contribution in [3.8, 4) is 0 Å². The smallest absolute Gasteiger partial charge is 0.217 e. The average Bonchev–Trinajstić information content (AvgIpc) is 2.92. The molecule has 0 amide bonds. The van der Waals surface area contributed by atoms with E-state index >= 15 is 0 Å². The standard InChI is InChI=1S/C19H13NOS/c1-22-16-12-11-13-7-5-6-10-15(13)17(16)20-19(22)18(21)14-8-3-2-4-9-14/h2-12H,1H2. The van der Waals surface area contributed by atoms with Gasteiger partial charge in [0, 0.05) is 15.8 Å². The highest BCUT2D eigenvalue weighted by Gasteiger charge is 2.25. The minimum Gasteiger partial charge on any atom is -0.286 e. The number of ketones is 1. The van der Waals surface area contributed by atoms with Gasteiger partial charge in [-0.25, -0.2) is 4.99 Å². The number of benzene rings is 3. The first-order valence-corrected chi connectivity index (χ1v) is 8.39. The molecule has 3 heteroatoms. The third kappa shape index (κ3) is 1.94. The summed E-state index contributed by atoms with van der Waals surface area (Å²) in [6.45, 7) is 0. The van der Waals surface area contributed by atoms with E-state index in [1.165, 1.54) is 0 Å². The maximum Gasteiger partial charge on any atom is 0.217 e. The largest absolute Gasteiger partial charge is 0.286 e. The third-order valence-corrected chi connectivity index (χ3v) is 5.41. The number of rotatable bonds is 2. The number of hydrogen-bond acceptors (Lipinski definition) is 2. The van der Waals surface area contributed by atoms with Gasteiger partial charge in [0.1, 0.15) is 5.04 Å². The Hall–Kier alpha value is -2.52. The Kier molecular flexibility index (Phi) is 3.01. The lowest BCUT2D eigenvalue weighted by Crippen LogP contribution is -2.09. The summed E-state index contributed by atoms with van der Waals surface area (Å²) in [6.07, 6.45) is 0. The maximum atomic E-state index is 12.7. The molecule has 1 aliphatic rings. The van der Waals surface area contributed by atoms with Crippen LogP contribution in [0.1, 0.15) is 10.4 Å². The van der Waals surface area contributed by atoms with E-state index in [0.29, 0.717) is 10.6 Å². The van der Waals surface area contributed by atoms with Crippen molar-refractivity contribution >= 4 is 43.6 Å². The lowest BCUT2D eigenvalue weighted by Gasteiger charge is -2.05. The molecule has 4 rings (SSSR count). The van der Waals surface area contributed by atoms with Crippen LogP contribution >= 0.6 is 10.5 Å². The lowest BCUT2D eigenvalue weighted by molar-refractivity contribution is 0.106. The molecule has 2 nitrogen and oxygen atoms in total. The molecule has 3 aromatic rings. The Bertz CT molecular complexity index is 958. The summed E-state index contributed by atoms with van der Waals surface area (Å²) in [5, 5.41) is 2.77. The summed E-state index contributed by atoms with van der Waals surface area (Å²) in [4.78, 5) is 18.4. The van der Waals surface area contributed by atoms with Gasteiger partial charge in [0.25, 0.3) is 0 Å². The van der Waals surface area contributed by atoms with Gasteiger partial charge in [-0.1, -0.05) is 66.5 Å². The fraction of sp³-hybridized carbons (Fsp3) is 0. The van der Waals surface area contributed by atoms with Crippen molar-refractivity contribution < 1.29 is 4.79 Å². The second kappa shape index (κ2) is 5.04. The SMILES string of the molecule is C=S1C(C(=O)c2ccccc2)=Nc2c1ccc1ccccc21. The zero-order valence-corrected chi connectivity index (χ0v) is 12.6. The topological polar surface area (TPSA) is 29.4 Å². The van der Waals surface area contributed by atoms with Gasteiger partial charge >= 0.3 is 0 Å². The summed E-state index contributed by atoms with van der Waals surface area (Å²) in [5.41, 5.74) is 1.57. The van der Waals surface area contributed by atoms with Crippen LogP contribution in [0.5, 0.6) is 0 Å². The van der Waals surface area contributed by atoms with Crippen LogP contribution in [-0.4, -0.2) is 16.7 Å². The van der Waals surface area contributed by atoms with E-state index in [2.05, 4.69) is 23.0 Å². The van der Waals surface area contributed by atoms with Gasteiger partial charge in [-0.05, 0) is 11.5 Å². The zero-order valence-electron chi connectivity index (χ0n) is 11.8. The van der Waals surface area contributed by atoms with E-state index in [0.717, 1.165) is 21.4 Å². The van der Waals surface area contributed by atoms with Gasteiger partial charge in [-0.15, -0.1) is 10.5 Å². The molecule has 3 aromatic carbocycles. The number of nitrogens with zero attached hydrogens (tertiary/aromatic N) is 1. The molecular weight excluding hydrogens is 290 g/mol. The predicted molar refractivity (Wildman–Crippen MR) is 94.8 cm³/mol. The van der Waals surface area contributed by atoms with Crippen molar-refractivity contribution in [1.29, 1.82) is 0 Å². The molecule has 0 N–H and O–H groups in total. The van der Waals surface area contributed by atoms with Crippen molar-refractivity contribution in [1.82, 2.24) is 0 Å². The first-order chi connectivity index (χ1) is 10.8. The summed E-state index contributed by atoms with van der Waals surface area (Å²) >= 11 is 0. The third-order valence-electron chi connectivity index (χ3n) is 3.81. The molecule has 1 atom stereocenters. The normalized spacial score (nSPS) is 16.4. The van der Waals surface area contributed by atoms with Crippen LogP contribution in [0, 0.1) is 0 Å². The number of hydrogen-bond donors (Lipinski definition) is 0. The average molecular weight is 303 g/mol. The van der Waals surface area contributed by atoms with Gasteiger partial charge < -0.3 is 0 Å². The molecule has 0 fully saturated rings. The molecular formula is C19H13NOS. The van der Waals surface area contributed by atoms with E-state index in [9.17, 15) is 4.79 Å². The summed E-state index contributed by atoms with van der Waals surface area (Å²) < 4.78 is 0. The van der Waals surface area contributed by atoms with Crippen molar-refractivity contribution in [3.63, 3.8) is 0 Å². The summed E-state index contributed by atoms with van der Waals surface area (Å²) in [7, 11) is -0.522. The number of fused-ring (bicyclic) bond motifs is 3. The second-order valence-electron chi connectivity index (χ2n) is 5.14. The molecule has 0 aliphatic carbocycles. The van der Waals surface area contributed by atoms with Crippen molar-refractivity contribution in [3.05, 3.63) is 72.3 Å². The molecule has 1 heterocycles. The second-order valence-corrected chi connectivity index (χ2v) is 6.74. The van der Waals surface area contributed by atoms with Crippen LogP contribution in [0.25, 0.3) is 10.8 Å². The minimum absolute atomic E-state index is 0.0285. The highest BCUT2D eigenvalue weighted by Crippen LogP contribution is 2.46. The molecule has 0 aromatic heterocycles. The Morgan fingerprint density at radius 1 is 0.909 bits per heavy atom. The van der Waals surface area contributed by atoms with Crippen LogP contribution < -0.4 is 0 Å². The zero-order chi connectivity index (χ0) is 15.1. The van der Waals surface area contributed by atoms with E-state index in [1.807, 2.05) is 54.6 Å². The quantitative estimate of drug-likeness (QED) is 0.492. The Labute approximate surface area is 131 Å². The van der Waals surface area contributed by atoms with Crippen LogP contribution in [-0.2, 0) is 0 Å². The maximum absolute atomic E-state index is 12.7. The number of carbonyl (C=O) groups is 1. The van der Waals surface area contributed by atoms with E-state index in [1.54, 1.807) is 0 Å². The summed E-state index contributed by atoms with van der Waals surface area (Å²) in [6, 6.07) is 21.5. The van der Waals surface area contributed by atoms with E-state index in [-0.39, 0.29) is 5.78 Å². The Morgan fingerprint density at radius 3 is 2.45 bits per heavy atom. The molecule has 1 aliphatic heterocycles. The van der Waals surface area contributed by atoms with E-state index < -0.39 is 10.5 Å². The van der Waals surface area contributed by atoms with Crippen molar-refractivity contribution in [2.45, 2.75) is 4.90 Å². The fourth-order valence-corrected chi connectivity index (χ4v) is 4.06. The molecule has 0 bridgehead atoms. The summed E-state index contributed by atoms with van der Waals surface area (Å²) in [5.74, 6) is 4.16. The number of aliphatic imine (C=N–C) groups is 1. The molecule has 1 unspecified atom stereocenters. The Balaban J connectivity index is 1.88. The lowest BCUT2D eigenvalue weighted by atomic mass is 10.1. The van der Waals surface area contributed by atoms with E-state index in [4.69, 9.17) is 0 Å². The minimum atomic E-state index is -0.522. The number of carbonyl (C=O) groups excluding carboxylic acids is 1. The first kappa shape index (κ1) is 13.2.